The van der Waals surface area contributed by atoms with E-state index in [2.05, 4.69) is 4.98 Å². The van der Waals surface area contributed by atoms with E-state index in [-0.39, 0.29) is 11.4 Å². The number of carboxylic acid groups (broad SMARTS) is 1. The summed E-state index contributed by atoms with van der Waals surface area (Å²) in [5.74, 6) is 0. The zero-order valence-corrected chi connectivity index (χ0v) is 13.5. The lowest BCUT2D eigenvalue weighted by atomic mass is 9.99. The minimum absolute atomic E-state index is 0.179. The lowest BCUT2D eigenvalue weighted by molar-refractivity contribution is -0.122. The van der Waals surface area contributed by atoms with Crippen molar-refractivity contribution in [3.63, 3.8) is 0 Å². The SMILES string of the molecule is NS(=O)(=O)c1ccc2ccccc2c1Cc1ccncc1.O=CO. The van der Waals surface area contributed by atoms with Crippen molar-refractivity contribution in [2.45, 2.75) is 11.3 Å². The van der Waals surface area contributed by atoms with E-state index in [9.17, 15) is 8.42 Å². The number of carbonyl (C=O) groups is 1. The van der Waals surface area contributed by atoms with Gasteiger partial charge in [0.15, 0.2) is 0 Å². The van der Waals surface area contributed by atoms with Crippen LogP contribution in [0.15, 0.2) is 65.8 Å². The average Bonchev–Trinajstić information content (AvgIpc) is 2.56. The molecule has 0 saturated heterocycles. The summed E-state index contributed by atoms with van der Waals surface area (Å²) in [6, 6.07) is 14.8. The molecule has 1 heterocycles. The number of hydrogen-bond acceptors (Lipinski definition) is 4. The first-order valence-corrected chi connectivity index (χ1v) is 8.52. The summed E-state index contributed by atoms with van der Waals surface area (Å²) in [4.78, 5) is 12.5. The van der Waals surface area contributed by atoms with Crippen molar-refractivity contribution in [3.05, 3.63) is 72.1 Å². The van der Waals surface area contributed by atoms with Gasteiger partial charge in [-0.1, -0.05) is 30.3 Å². The molecule has 0 aliphatic carbocycles. The minimum Gasteiger partial charge on any atom is -0.483 e. The maximum absolute atomic E-state index is 11.9. The Morgan fingerprint density at radius 1 is 1.04 bits per heavy atom. The molecule has 0 unspecified atom stereocenters. The molecule has 2 aromatic carbocycles. The van der Waals surface area contributed by atoms with Gasteiger partial charge >= 0.3 is 0 Å². The van der Waals surface area contributed by atoms with E-state index in [4.69, 9.17) is 15.0 Å². The fourth-order valence-corrected chi connectivity index (χ4v) is 3.25. The molecular weight excluding hydrogens is 328 g/mol. The molecule has 3 rings (SSSR count). The number of sulfonamides is 1. The molecule has 24 heavy (non-hydrogen) atoms. The van der Waals surface area contributed by atoms with E-state index in [1.165, 1.54) is 0 Å². The van der Waals surface area contributed by atoms with Crippen LogP contribution < -0.4 is 5.14 Å². The maximum Gasteiger partial charge on any atom is 0.290 e. The van der Waals surface area contributed by atoms with Crippen LogP contribution in [0, 0.1) is 0 Å². The summed E-state index contributed by atoms with van der Waals surface area (Å²) in [6.45, 7) is -0.250. The fourth-order valence-electron chi connectivity index (χ4n) is 2.47. The van der Waals surface area contributed by atoms with Gasteiger partial charge in [-0.15, -0.1) is 0 Å². The first-order chi connectivity index (χ1) is 11.5. The zero-order valence-electron chi connectivity index (χ0n) is 12.7. The quantitative estimate of drug-likeness (QED) is 0.708. The molecule has 6 nitrogen and oxygen atoms in total. The van der Waals surface area contributed by atoms with Crippen LogP contribution in [-0.2, 0) is 21.2 Å². The number of nitrogens with zero attached hydrogens (tertiary/aromatic N) is 1. The first kappa shape index (κ1) is 17.6. The van der Waals surface area contributed by atoms with Crippen molar-refractivity contribution in [3.8, 4) is 0 Å². The molecule has 0 amide bonds. The van der Waals surface area contributed by atoms with Crippen molar-refractivity contribution in [2.75, 3.05) is 0 Å². The molecular formula is C17H16N2O4S. The van der Waals surface area contributed by atoms with Crippen molar-refractivity contribution < 1.29 is 18.3 Å². The van der Waals surface area contributed by atoms with Gasteiger partial charge in [-0.2, -0.15) is 0 Å². The Bertz CT molecular complexity index is 941. The van der Waals surface area contributed by atoms with Crippen molar-refractivity contribution in [1.29, 1.82) is 0 Å². The van der Waals surface area contributed by atoms with Gasteiger partial charge in [0.1, 0.15) is 0 Å². The van der Waals surface area contributed by atoms with Crippen LogP contribution in [0.5, 0.6) is 0 Å². The van der Waals surface area contributed by atoms with E-state index >= 15 is 0 Å². The number of nitrogens with two attached hydrogens (primary N) is 1. The van der Waals surface area contributed by atoms with Crippen LogP contribution in [-0.4, -0.2) is 25.0 Å². The molecule has 0 fully saturated rings. The van der Waals surface area contributed by atoms with Gasteiger partial charge in [-0.3, -0.25) is 9.78 Å². The van der Waals surface area contributed by atoms with Crippen LogP contribution in [0.3, 0.4) is 0 Å². The third-order valence-electron chi connectivity index (χ3n) is 3.43. The zero-order chi connectivity index (χ0) is 17.6. The molecule has 3 N–H and O–H groups in total. The predicted octanol–water partition coefficient (Wildman–Crippen LogP) is 2.17. The predicted molar refractivity (Wildman–Crippen MR) is 91.1 cm³/mol. The molecule has 0 spiro atoms. The Labute approximate surface area is 139 Å². The van der Waals surface area contributed by atoms with Gasteiger partial charge in [0, 0.05) is 12.4 Å². The van der Waals surface area contributed by atoms with E-state index < -0.39 is 10.0 Å². The molecule has 0 radical (unpaired) electrons. The Hall–Kier alpha value is -2.77. The molecule has 0 bridgehead atoms. The molecule has 0 saturated carbocycles. The number of primary sulfonamides is 1. The maximum atomic E-state index is 11.9. The summed E-state index contributed by atoms with van der Waals surface area (Å²) in [5.41, 5.74) is 1.72. The summed E-state index contributed by atoms with van der Waals surface area (Å²) in [6.07, 6.45) is 3.88. The molecule has 3 aromatic rings. The highest BCUT2D eigenvalue weighted by atomic mass is 32.2. The number of aromatic nitrogens is 1. The molecule has 1 aromatic heterocycles. The van der Waals surface area contributed by atoms with Crippen LogP contribution in [0.25, 0.3) is 10.8 Å². The second kappa shape index (κ2) is 7.67. The van der Waals surface area contributed by atoms with Gasteiger partial charge in [-0.05, 0) is 46.5 Å². The van der Waals surface area contributed by atoms with Crippen LogP contribution in [0.4, 0.5) is 0 Å². The number of rotatable bonds is 3. The average molecular weight is 344 g/mol. The van der Waals surface area contributed by atoms with Gasteiger partial charge in [0.05, 0.1) is 4.90 Å². The molecule has 0 aliphatic heterocycles. The Balaban J connectivity index is 0.000000647. The molecule has 124 valence electrons. The highest BCUT2D eigenvalue weighted by Gasteiger charge is 2.16. The van der Waals surface area contributed by atoms with Gasteiger partial charge in [-0.25, -0.2) is 13.6 Å². The Morgan fingerprint density at radius 3 is 2.29 bits per heavy atom. The third kappa shape index (κ3) is 4.15. The highest BCUT2D eigenvalue weighted by Crippen LogP contribution is 2.27. The normalized spacial score (nSPS) is 10.7. The fraction of sp³-hybridized carbons (Fsp3) is 0.0588. The highest BCUT2D eigenvalue weighted by molar-refractivity contribution is 7.89. The van der Waals surface area contributed by atoms with Crippen molar-refractivity contribution >= 4 is 27.3 Å². The summed E-state index contributed by atoms with van der Waals surface area (Å²) < 4.78 is 23.7. The topological polar surface area (TPSA) is 110 Å². The van der Waals surface area contributed by atoms with E-state index in [1.807, 2.05) is 36.4 Å². The van der Waals surface area contributed by atoms with Crippen molar-refractivity contribution in [1.82, 2.24) is 4.98 Å². The summed E-state index contributed by atoms with van der Waals surface area (Å²) in [7, 11) is -3.76. The van der Waals surface area contributed by atoms with E-state index in [0.29, 0.717) is 6.42 Å². The first-order valence-electron chi connectivity index (χ1n) is 6.97. The number of hydrogen-bond donors (Lipinski definition) is 2. The summed E-state index contributed by atoms with van der Waals surface area (Å²) >= 11 is 0. The van der Waals surface area contributed by atoms with Crippen LogP contribution in [0.2, 0.25) is 0 Å². The second-order valence-electron chi connectivity index (χ2n) is 4.95. The van der Waals surface area contributed by atoms with Crippen LogP contribution >= 0.6 is 0 Å². The second-order valence-corrected chi connectivity index (χ2v) is 6.48. The number of benzene rings is 2. The lowest BCUT2D eigenvalue weighted by Crippen LogP contribution is -2.15. The van der Waals surface area contributed by atoms with Gasteiger partial charge in [0.25, 0.3) is 6.47 Å². The molecule has 0 atom stereocenters. The monoisotopic (exact) mass is 344 g/mol. The standard InChI is InChI=1S/C16H14N2O2S.CH2O2/c17-21(19,20)16-6-5-13-3-1-2-4-14(13)15(16)11-12-7-9-18-10-8-12;2-1-3/h1-10H,11H2,(H2,17,19,20);1H,(H,2,3). The smallest absolute Gasteiger partial charge is 0.290 e. The number of fused-ring (bicyclic) bond motifs is 1. The molecule has 0 aliphatic rings. The van der Waals surface area contributed by atoms with Crippen molar-refractivity contribution in [2.24, 2.45) is 5.14 Å². The lowest BCUT2D eigenvalue weighted by Gasteiger charge is -2.12. The number of pyridine rings is 1. The summed E-state index contributed by atoms with van der Waals surface area (Å²) in [5, 5.41) is 14.1. The van der Waals surface area contributed by atoms with E-state index in [0.717, 1.165) is 21.9 Å². The largest absolute Gasteiger partial charge is 0.483 e. The Kier molecular flexibility index (Phi) is 5.62. The van der Waals surface area contributed by atoms with Gasteiger partial charge in [0.2, 0.25) is 10.0 Å². The van der Waals surface area contributed by atoms with Crippen LogP contribution in [0.1, 0.15) is 11.1 Å². The van der Waals surface area contributed by atoms with Gasteiger partial charge < -0.3 is 5.11 Å². The van der Waals surface area contributed by atoms with E-state index in [1.54, 1.807) is 24.5 Å². The molecule has 7 heteroatoms. The Morgan fingerprint density at radius 2 is 1.67 bits per heavy atom. The third-order valence-corrected chi connectivity index (χ3v) is 4.43. The minimum atomic E-state index is -3.76.